The largest absolute Gasteiger partial charge is 0.390 e. The number of nitrogens with two attached hydrogens (primary N) is 1. The van der Waals surface area contributed by atoms with Crippen LogP contribution < -0.4 is 16.0 Å². The zero-order chi connectivity index (χ0) is 21.3. The lowest BCUT2D eigenvalue weighted by atomic mass is 9.52. The van der Waals surface area contributed by atoms with Crippen molar-refractivity contribution in [3.63, 3.8) is 0 Å². The fraction of sp³-hybridized carbons (Fsp3) is 0.636. The quantitative estimate of drug-likeness (QED) is 0.560. The van der Waals surface area contributed by atoms with Crippen molar-refractivity contribution in [2.45, 2.75) is 69.6 Å². The maximum Gasteiger partial charge on any atom is 0.267 e. The maximum atomic E-state index is 12.1. The Morgan fingerprint density at radius 2 is 1.94 bits per heavy atom. The number of amides is 1. The van der Waals surface area contributed by atoms with Gasteiger partial charge in [0.1, 0.15) is 11.5 Å². The fourth-order valence-electron chi connectivity index (χ4n) is 6.66. The van der Waals surface area contributed by atoms with E-state index < -0.39 is 11.5 Å². The van der Waals surface area contributed by atoms with Crippen LogP contribution in [0.15, 0.2) is 12.1 Å². The van der Waals surface area contributed by atoms with Crippen molar-refractivity contribution in [3.05, 3.63) is 23.5 Å². The summed E-state index contributed by atoms with van der Waals surface area (Å²) in [6, 6.07) is 4.16. The predicted molar refractivity (Wildman–Crippen MR) is 115 cm³/mol. The Labute approximate surface area is 180 Å². The summed E-state index contributed by atoms with van der Waals surface area (Å²) in [5, 5.41) is 21.3. The van der Waals surface area contributed by atoms with Gasteiger partial charge < -0.3 is 21.1 Å². The van der Waals surface area contributed by atoms with E-state index in [0.29, 0.717) is 47.4 Å². The van der Waals surface area contributed by atoms with E-state index in [-0.39, 0.29) is 5.69 Å². The number of anilines is 3. The minimum atomic E-state index is -0.569. The molecule has 0 aliphatic heterocycles. The van der Waals surface area contributed by atoms with E-state index in [0.717, 1.165) is 37.8 Å². The molecule has 31 heavy (non-hydrogen) atoms. The smallest absolute Gasteiger partial charge is 0.267 e. The monoisotopic (exact) mass is 423 g/mol. The molecule has 2 aromatic rings. The summed E-state index contributed by atoms with van der Waals surface area (Å²) in [6.07, 6.45) is 7.23. The Morgan fingerprint density at radius 3 is 2.52 bits per heavy atom. The topological polar surface area (TPSA) is 133 Å². The van der Waals surface area contributed by atoms with Crippen molar-refractivity contribution >= 4 is 23.5 Å². The van der Waals surface area contributed by atoms with E-state index in [2.05, 4.69) is 25.4 Å². The number of carbonyl (C=O) groups is 1. The first-order valence-electron chi connectivity index (χ1n) is 11.4. The Hall–Kier alpha value is -2.68. The second-order valence-electron chi connectivity index (χ2n) is 10.2. The lowest BCUT2D eigenvalue weighted by molar-refractivity contribution is -0.134. The summed E-state index contributed by atoms with van der Waals surface area (Å²) in [4.78, 5) is 23.8. The van der Waals surface area contributed by atoms with Crippen LogP contribution in [0.3, 0.4) is 0 Å². The minimum absolute atomic E-state index is 0.202. The zero-order valence-electron chi connectivity index (χ0n) is 17.7. The molecule has 2 aromatic heterocycles. The van der Waals surface area contributed by atoms with Gasteiger partial charge >= 0.3 is 0 Å². The van der Waals surface area contributed by atoms with E-state index >= 15 is 0 Å². The third-order valence-electron chi connectivity index (χ3n) is 7.61. The highest BCUT2D eigenvalue weighted by molar-refractivity contribution is 5.92. The van der Waals surface area contributed by atoms with Gasteiger partial charge in [0.2, 0.25) is 5.95 Å². The van der Waals surface area contributed by atoms with Gasteiger partial charge in [-0.25, -0.2) is 4.98 Å². The molecule has 4 bridgehead atoms. The number of aryl methyl sites for hydroxylation is 1. The van der Waals surface area contributed by atoms with Crippen molar-refractivity contribution < 1.29 is 9.90 Å². The van der Waals surface area contributed by atoms with Crippen LogP contribution in [0, 0.1) is 24.7 Å². The van der Waals surface area contributed by atoms with Crippen LogP contribution in [-0.4, -0.2) is 48.9 Å². The summed E-state index contributed by atoms with van der Waals surface area (Å²) in [5.74, 6) is 2.67. The van der Waals surface area contributed by atoms with E-state index in [1.54, 1.807) is 6.07 Å². The molecule has 5 aliphatic carbocycles. The second kappa shape index (κ2) is 6.66. The highest BCUT2D eigenvalue weighted by Gasteiger charge is 2.57. The van der Waals surface area contributed by atoms with Gasteiger partial charge in [-0.15, -0.1) is 0 Å². The van der Waals surface area contributed by atoms with Crippen molar-refractivity contribution in [2.75, 3.05) is 10.2 Å². The first-order chi connectivity index (χ1) is 14.9. The summed E-state index contributed by atoms with van der Waals surface area (Å²) in [6.45, 7) is 1.92. The molecule has 0 spiro atoms. The summed E-state index contributed by atoms with van der Waals surface area (Å²) in [7, 11) is 0. The van der Waals surface area contributed by atoms with E-state index in [1.807, 2.05) is 13.0 Å². The molecule has 9 heteroatoms. The van der Waals surface area contributed by atoms with E-state index in [1.165, 1.54) is 12.8 Å². The molecule has 5 aliphatic rings. The van der Waals surface area contributed by atoms with E-state index in [4.69, 9.17) is 10.7 Å². The number of hydrogen-bond donors (Lipinski definition) is 4. The average Bonchev–Trinajstić information content (AvgIpc) is 3.44. The van der Waals surface area contributed by atoms with Gasteiger partial charge in [0.05, 0.1) is 5.60 Å². The molecule has 5 saturated carbocycles. The number of nitrogens with one attached hydrogen (secondary N) is 2. The van der Waals surface area contributed by atoms with Gasteiger partial charge in [0.15, 0.2) is 5.82 Å². The molecule has 0 saturated heterocycles. The first-order valence-corrected chi connectivity index (χ1v) is 11.4. The molecular weight excluding hydrogens is 394 g/mol. The minimum Gasteiger partial charge on any atom is -0.390 e. The molecule has 9 nitrogen and oxygen atoms in total. The lowest BCUT2D eigenvalue weighted by Crippen LogP contribution is -2.62. The number of carbonyl (C=O) groups excluding carboxylic acids is 1. The molecule has 0 aromatic carbocycles. The SMILES string of the molecule is Cc1cc(Nc2cc(C(N)=O)nc(N(C3CC3)C3C4CC5CC3CC(O)(C5)C4)n2)n[nH]1. The summed E-state index contributed by atoms with van der Waals surface area (Å²) >= 11 is 0. The highest BCUT2D eigenvalue weighted by atomic mass is 16.3. The van der Waals surface area contributed by atoms with Crippen LogP contribution in [0.4, 0.5) is 17.6 Å². The van der Waals surface area contributed by atoms with Gasteiger partial charge in [-0.05, 0) is 69.6 Å². The molecule has 5 fully saturated rings. The van der Waals surface area contributed by atoms with Crippen molar-refractivity contribution in [1.29, 1.82) is 0 Å². The van der Waals surface area contributed by atoms with Crippen molar-refractivity contribution in [1.82, 2.24) is 20.2 Å². The van der Waals surface area contributed by atoms with Crippen LogP contribution >= 0.6 is 0 Å². The number of aromatic nitrogens is 4. The predicted octanol–water partition coefficient (Wildman–Crippen LogP) is 2.26. The Kier molecular flexibility index (Phi) is 4.09. The third kappa shape index (κ3) is 3.35. The number of aromatic amines is 1. The average molecular weight is 424 g/mol. The Morgan fingerprint density at radius 1 is 1.19 bits per heavy atom. The lowest BCUT2D eigenvalue weighted by Gasteiger charge is -2.60. The van der Waals surface area contributed by atoms with E-state index in [9.17, 15) is 9.90 Å². The third-order valence-corrected chi connectivity index (χ3v) is 7.61. The van der Waals surface area contributed by atoms with Crippen LogP contribution in [-0.2, 0) is 0 Å². The molecule has 1 amide bonds. The van der Waals surface area contributed by atoms with Gasteiger partial charge in [0, 0.05) is 29.9 Å². The number of hydrogen-bond acceptors (Lipinski definition) is 7. The Bertz CT molecular complexity index is 1020. The number of aliphatic hydroxyl groups is 1. The number of rotatable bonds is 6. The fourth-order valence-corrected chi connectivity index (χ4v) is 6.66. The summed E-state index contributed by atoms with van der Waals surface area (Å²) in [5.41, 5.74) is 6.27. The highest BCUT2D eigenvalue weighted by Crippen LogP contribution is 2.58. The van der Waals surface area contributed by atoms with Gasteiger partial charge in [0.25, 0.3) is 5.91 Å². The molecule has 2 unspecified atom stereocenters. The van der Waals surface area contributed by atoms with Crippen LogP contribution in [0.5, 0.6) is 0 Å². The normalized spacial score (nSPS) is 33.5. The van der Waals surface area contributed by atoms with Crippen LogP contribution in [0.25, 0.3) is 0 Å². The number of primary amides is 1. The molecule has 5 N–H and O–H groups in total. The molecule has 2 heterocycles. The van der Waals surface area contributed by atoms with Crippen LogP contribution in [0.2, 0.25) is 0 Å². The Balaban J connectivity index is 1.37. The molecule has 2 atom stereocenters. The summed E-state index contributed by atoms with van der Waals surface area (Å²) < 4.78 is 0. The second-order valence-corrected chi connectivity index (χ2v) is 10.2. The molecular formula is C22H29N7O2. The molecule has 7 rings (SSSR count). The number of nitrogens with zero attached hydrogens (tertiary/aromatic N) is 4. The van der Waals surface area contributed by atoms with Gasteiger partial charge in [-0.2, -0.15) is 10.1 Å². The molecule has 0 radical (unpaired) electrons. The van der Waals surface area contributed by atoms with Crippen molar-refractivity contribution in [3.8, 4) is 0 Å². The number of H-pyrrole nitrogens is 1. The molecule has 164 valence electrons. The van der Waals surface area contributed by atoms with Gasteiger partial charge in [-0.1, -0.05) is 0 Å². The van der Waals surface area contributed by atoms with Crippen molar-refractivity contribution in [2.24, 2.45) is 23.5 Å². The zero-order valence-corrected chi connectivity index (χ0v) is 17.7. The van der Waals surface area contributed by atoms with Gasteiger partial charge in [-0.3, -0.25) is 9.89 Å². The van der Waals surface area contributed by atoms with Crippen LogP contribution in [0.1, 0.15) is 61.1 Å². The maximum absolute atomic E-state index is 12.1. The first kappa shape index (κ1) is 19.0. The standard InChI is InChI=1S/C22H29N7O2/c1-11-4-18(28-27-11)25-17-7-16(20(23)30)24-21(26-17)29(15-2-3-15)19-13-5-12-6-14(19)10-22(31,8-12)9-13/h4,7,12-15,19,31H,2-3,5-6,8-10H2,1H3,(H2,23,30)(H2,24,25,26,27,28).